The molecule has 1 nitrogen and oxygen atoms in total. The Morgan fingerprint density at radius 3 is 3.07 bits per heavy atom. The van der Waals surface area contributed by atoms with Crippen LogP contribution < -0.4 is 4.90 Å². The summed E-state index contributed by atoms with van der Waals surface area (Å²) in [5.74, 6) is 0.829. The van der Waals surface area contributed by atoms with E-state index in [1.54, 1.807) is 16.8 Å². The van der Waals surface area contributed by atoms with Crippen LogP contribution in [0.5, 0.6) is 0 Å². The van der Waals surface area contributed by atoms with Gasteiger partial charge in [-0.15, -0.1) is 0 Å². The van der Waals surface area contributed by atoms with E-state index in [1.807, 2.05) is 0 Å². The summed E-state index contributed by atoms with van der Waals surface area (Å²) in [6, 6.07) is 6.85. The van der Waals surface area contributed by atoms with Gasteiger partial charge < -0.3 is 4.90 Å². The minimum absolute atomic E-state index is 0.829. The summed E-state index contributed by atoms with van der Waals surface area (Å²) in [5.41, 5.74) is 4.75. The highest BCUT2D eigenvalue weighted by Crippen LogP contribution is 2.36. The lowest BCUT2D eigenvalue weighted by molar-refractivity contribution is 0.514. The van der Waals surface area contributed by atoms with E-state index in [0.29, 0.717) is 0 Å². The highest BCUT2D eigenvalue weighted by atomic mass is 15.1. The van der Waals surface area contributed by atoms with Gasteiger partial charge >= 0.3 is 0 Å². The zero-order valence-electron chi connectivity index (χ0n) is 8.79. The van der Waals surface area contributed by atoms with Crippen molar-refractivity contribution in [2.24, 2.45) is 5.92 Å². The summed E-state index contributed by atoms with van der Waals surface area (Å²) >= 11 is 0. The van der Waals surface area contributed by atoms with E-state index >= 15 is 0 Å². The van der Waals surface area contributed by atoms with E-state index in [0.717, 1.165) is 5.92 Å². The van der Waals surface area contributed by atoms with E-state index in [9.17, 15) is 0 Å². The molecule has 3 rings (SSSR count). The van der Waals surface area contributed by atoms with Gasteiger partial charge in [0.05, 0.1) is 0 Å². The monoisotopic (exact) mass is 187 g/mol. The predicted molar refractivity (Wildman–Crippen MR) is 59.8 cm³/mol. The van der Waals surface area contributed by atoms with Crippen LogP contribution in [0.1, 0.15) is 24.5 Å². The minimum atomic E-state index is 0.829. The van der Waals surface area contributed by atoms with Crippen LogP contribution in [-0.4, -0.2) is 13.1 Å². The van der Waals surface area contributed by atoms with E-state index in [-0.39, 0.29) is 0 Å². The van der Waals surface area contributed by atoms with Crippen molar-refractivity contribution < 1.29 is 0 Å². The molecule has 0 saturated heterocycles. The van der Waals surface area contributed by atoms with Crippen molar-refractivity contribution in [3.63, 3.8) is 0 Å². The highest BCUT2D eigenvalue weighted by Gasteiger charge is 2.25. The topological polar surface area (TPSA) is 3.24 Å². The van der Waals surface area contributed by atoms with Gasteiger partial charge in [0.15, 0.2) is 0 Å². The summed E-state index contributed by atoms with van der Waals surface area (Å²) in [6.07, 6.45) is 3.90. The first-order chi connectivity index (χ1) is 6.84. The Labute approximate surface area is 85.7 Å². The van der Waals surface area contributed by atoms with Crippen molar-refractivity contribution in [1.82, 2.24) is 0 Å². The molecule has 0 fully saturated rings. The van der Waals surface area contributed by atoms with Crippen molar-refractivity contribution in [3.05, 3.63) is 29.3 Å². The van der Waals surface area contributed by atoms with E-state index < -0.39 is 0 Å². The second kappa shape index (κ2) is 3.01. The average Bonchev–Trinajstić information content (AvgIpc) is 2.18. The molecule has 0 bridgehead atoms. The van der Waals surface area contributed by atoms with Gasteiger partial charge in [0.1, 0.15) is 0 Å². The predicted octanol–water partition coefficient (Wildman–Crippen LogP) is 2.63. The van der Waals surface area contributed by atoms with Crippen LogP contribution in [0.3, 0.4) is 0 Å². The Morgan fingerprint density at radius 2 is 2.14 bits per heavy atom. The normalized spacial score (nSPS) is 24.6. The maximum Gasteiger partial charge on any atom is 0.0431 e. The molecule has 1 atom stereocenters. The molecule has 2 aliphatic heterocycles. The lowest BCUT2D eigenvalue weighted by Gasteiger charge is -2.39. The Balaban J connectivity index is 2.14. The molecule has 2 heterocycles. The van der Waals surface area contributed by atoms with Gasteiger partial charge in [0.25, 0.3) is 0 Å². The second-order valence-electron chi connectivity index (χ2n) is 4.78. The molecule has 0 amide bonds. The molecule has 0 saturated carbocycles. The quantitative estimate of drug-likeness (QED) is 0.603. The van der Waals surface area contributed by atoms with Crippen molar-refractivity contribution in [2.75, 3.05) is 18.0 Å². The minimum Gasteiger partial charge on any atom is -0.371 e. The van der Waals surface area contributed by atoms with Crippen LogP contribution in [0.15, 0.2) is 18.2 Å². The van der Waals surface area contributed by atoms with Crippen molar-refractivity contribution in [3.8, 4) is 0 Å². The number of rotatable bonds is 0. The van der Waals surface area contributed by atoms with E-state index in [4.69, 9.17) is 0 Å². The second-order valence-corrected chi connectivity index (χ2v) is 4.78. The van der Waals surface area contributed by atoms with Gasteiger partial charge in [-0.05, 0) is 36.3 Å². The van der Waals surface area contributed by atoms with Gasteiger partial charge in [0, 0.05) is 18.8 Å². The SMILES string of the molecule is CC1Cc2cccc3c2N(CCC3)C1. The van der Waals surface area contributed by atoms with Crippen LogP contribution in [0.2, 0.25) is 0 Å². The summed E-state index contributed by atoms with van der Waals surface area (Å²) in [5, 5.41) is 0. The number of nitrogens with zero attached hydrogens (tertiary/aromatic N) is 1. The van der Waals surface area contributed by atoms with Crippen molar-refractivity contribution >= 4 is 5.69 Å². The van der Waals surface area contributed by atoms with Crippen LogP contribution >= 0.6 is 0 Å². The van der Waals surface area contributed by atoms with Crippen molar-refractivity contribution in [1.29, 1.82) is 0 Å². The van der Waals surface area contributed by atoms with Gasteiger partial charge in [-0.2, -0.15) is 0 Å². The summed E-state index contributed by atoms with van der Waals surface area (Å²) in [6.45, 7) is 4.91. The molecule has 0 radical (unpaired) electrons. The molecule has 0 spiro atoms. The zero-order chi connectivity index (χ0) is 9.54. The number of benzene rings is 1. The van der Waals surface area contributed by atoms with Crippen molar-refractivity contribution in [2.45, 2.75) is 26.2 Å². The number of hydrogen-bond donors (Lipinski definition) is 0. The molecule has 1 aromatic rings. The van der Waals surface area contributed by atoms with Crippen LogP contribution in [-0.2, 0) is 12.8 Å². The molecule has 0 N–H and O–H groups in total. The smallest absolute Gasteiger partial charge is 0.0431 e. The lowest BCUT2D eigenvalue weighted by Crippen LogP contribution is -2.38. The largest absolute Gasteiger partial charge is 0.371 e. The van der Waals surface area contributed by atoms with Crippen LogP contribution in [0.25, 0.3) is 0 Å². The Bertz CT molecular complexity index is 356. The van der Waals surface area contributed by atoms with Gasteiger partial charge in [-0.3, -0.25) is 0 Å². The fourth-order valence-electron chi connectivity index (χ4n) is 2.99. The fraction of sp³-hybridized carbons (Fsp3) is 0.538. The third-order valence-electron chi connectivity index (χ3n) is 3.49. The average molecular weight is 187 g/mol. The molecule has 1 heteroatoms. The molecular weight excluding hydrogens is 170 g/mol. The van der Waals surface area contributed by atoms with E-state index in [1.165, 1.54) is 32.4 Å². The molecule has 0 aromatic heterocycles. The number of aryl methyl sites for hydroxylation is 1. The third kappa shape index (κ3) is 1.15. The molecule has 14 heavy (non-hydrogen) atoms. The number of anilines is 1. The summed E-state index contributed by atoms with van der Waals surface area (Å²) in [7, 11) is 0. The first-order valence-corrected chi connectivity index (χ1v) is 5.70. The summed E-state index contributed by atoms with van der Waals surface area (Å²) in [4.78, 5) is 2.60. The van der Waals surface area contributed by atoms with Crippen LogP contribution in [0.4, 0.5) is 5.69 Å². The molecule has 74 valence electrons. The lowest BCUT2D eigenvalue weighted by atomic mass is 9.88. The first-order valence-electron chi connectivity index (χ1n) is 5.70. The highest BCUT2D eigenvalue weighted by molar-refractivity contribution is 5.62. The van der Waals surface area contributed by atoms with E-state index in [2.05, 4.69) is 30.0 Å². The van der Waals surface area contributed by atoms with Gasteiger partial charge in [-0.1, -0.05) is 25.1 Å². The van der Waals surface area contributed by atoms with Crippen LogP contribution in [0, 0.1) is 5.92 Å². The van der Waals surface area contributed by atoms with Gasteiger partial charge in [-0.25, -0.2) is 0 Å². The molecule has 1 aromatic carbocycles. The van der Waals surface area contributed by atoms with Gasteiger partial charge in [0.2, 0.25) is 0 Å². The maximum absolute atomic E-state index is 2.60. The fourth-order valence-corrected chi connectivity index (χ4v) is 2.99. The Morgan fingerprint density at radius 1 is 1.29 bits per heavy atom. The molecule has 0 aliphatic carbocycles. The number of hydrogen-bond acceptors (Lipinski definition) is 1. The first kappa shape index (κ1) is 8.34. The Hall–Kier alpha value is -0.980. The standard InChI is InChI=1S/C13H17N/c1-10-8-12-5-2-4-11-6-3-7-14(9-10)13(11)12/h2,4-5,10H,3,6-9H2,1H3. The summed E-state index contributed by atoms with van der Waals surface area (Å²) < 4.78 is 0. The molecule has 2 aliphatic rings. The molecular formula is C13H17N. The Kier molecular flexibility index (Phi) is 1.79. The third-order valence-corrected chi connectivity index (χ3v) is 3.49. The zero-order valence-corrected chi connectivity index (χ0v) is 8.79. The molecule has 1 unspecified atom stereocenters. The number of para-hydroxylation sites is 1. The maximum atomic E-state index is 2.60.